The van der Waals surface area contributed by atoms with Crippen LogP contribution in [0.25, 0.3) is 10.9 Å². The SMILES string of the molecule is C[C@H](CCn1nc(Br)c2c(N)nccc21)NC(=O)OC(C)(C)C. The molecule has 0 fully saturated rings. The monoisotopic (exact) mass is 383 g/mol. The maximum Gasteiger partial charge on any atom is 0.407 e. The number of ether oxygens (including phenoxy) is 1. The highest BCUT2D eigenvalue weighted by Crippen LogP contribution is 2.27. The van der Waals surface area contributed by atoms with Crippen molar-refractivity contribution in [3.8, 4) is 0 Å². The summed E-state index contributed by atoms with van der Waals surface area (Å²) in [6, 6.07) is 1.83. The average molecular weight is 384 g/mol. The molecule has 0 aliphatic heterocycles. The van der Waals surface area contributed by atoms with E-state index in [9.17, 15) is 4.79 Å². The lowest BCUT2D eigenvalue weighted by atomic mass is 10.2. The molecule has 2 aromatic rings. The Balaban J connectivity index is 1.99. The third-order valence-corrected chi connectivity index (χ3v) is 3.74. The first-order chi connectivity index (χ1) is 10.7. The van der Waals surface area contributed by atoms with Crippen LogP contribution >= 0.6 is 15.9 Å². The van der Waals surface area contributed by atoms with Crippen molar-refractivity contribution in [2.24, 2.45) is 0 Å². The predicted molar refractivity (Wildman–Crippen MR) is 93.1 cm³/mol. The fourth-order valence-electron chi connectivity index (χ4n) is 2.17. The minimum absolute atomic E-state index is 0.0398. The number of pyridine rings is 1. The van der Waals surface area contributed by atoms with Gasteiger partial charge in [0.05, 0.1) is 10.9 Å². The van der Waals surface area contributed by atoms with Crippen LogP contribution in [-0.4, -0.2) is 32.5 Å². The van der Waals surface area contributed by atoms with Crippen molar-refractivity contribution in [1.82, 2.24) is 20.1 Å². The molecule has 0 aliphatic carbocycles. The quantitative estimate of drug-likeness (QED) is 0.845. The molecule has 0 saturated carbocycles. The van der Waals surface area contributed by atoms with E-state index in [0.717, 1.165) is 10.9 Å². The maximum absolute atomic E-state index is 11.8. The highest BCUT2D eigenvalue weighted by Gasteiger charge is 2.18. The minimum Gasteiger partial charge on any atom is -0.444 e. The Hall–Kier alpha value is -1.83. The van der Waals surface area contributed by atoms with Gasteiger partial charge < -0.3 is 15.8 Å². The lowest BCUT2D eigenvalue weighted by Gasteiger charge is -2.22. The van der Waals surface area contributed by atoms with Crippen molar-refractivity contribution >= 4 is 38.7 Å². The summed E-state index contributed by atoms with van der Waals surface area (Å²) in [5, 5.41) is 8.06. The first-order valence-corrected chi connectivity index (χ1v) is 8.22. The van der Waals surface area contributed by atoms with Crippen molar-refractivity contribution in [2.75, 3.05) is 5.73 Å². The van der Waals surface area contributed by atoms with Crippen LogP contribution < -0.4 is 11.1 Å². The van der Waals surface area contributed by atoms with Crippen molar-refractivity contribution in [3.63, 3.8) is 0 Å². The Morgan fingerprint density at radius 3 is 2.87 bits per heavy atom. The lowest BCUT2D eigenvalue weighted by molar-refractivity contribution is 0.0505. The second kappa shape index (κ2) is 6.74. The molecule has 0 bridgehead atoms. The van der Waals surface area contributed by atoms with Crippen LogP contribution in [0.3, 0.4) is 0 Å². The van der Waals surface area contributed by atoms with Crippen LogP contribution in [0.15, 0.2) is 16.9 Å². The van der Waals surface area contributed by atoms with Gasteiger partial charge >= 0.3 is 6.09 Å². The number of rotatable bonds is 4. The van der Waals surface area contributed by atoms with E-state index in [-0.39, 0.29) is 6.04 Å². The van der Waals surface area contributed by atoms with Crippen LogP contribution in [0.5, 0.6) is 0 Å². The zero-order chi connectivity index (χ0) is 17.2. The number of nitrogens with two attached hydrogens (primary N) is 1. The summed E-state index contributed by atoms with van der Waals surface area (Å²) < 4.78 is 7.77. The van der Waals surface area contributed by atoms with Crippen LogP contribution in [0.1, 0.15) is 34.1 Å². The zero-order valence-electron chi connectivity index (χ0n) is 13.8. The lowest BCUT2D eigenvalue weighted by Crippen LogP contribution is -2.38. The fraction of sp³-hybridized carbons (Fsp3) is 0.533. The van der Waals surface area contributed by atoms with E-state index in [2.05, 4.69) is 31.3 Å². The van der Waals surface area contributed by atoms with Crippen molar-refractivity contribution in [2.45, 2.75) is 52.3 Å². The summed E-state index contributed by atoms with van der Waals surface area (Å²) >= 11 is 3.41. The first-order valence-electron chi connectivity index (χ1n) is 7.43. The number of aryl methyl sites for hydroxylation is 1. The molecule has 0 saturated heterocycles. The number of halogens is 1. The van der Waals surface area contributed by atoms with Gasteiger partial charge in [-0.1, -0.05) is 0 Å². The van der Waals surface area contributed by atoms with E-state index in [1.807, 2.05) is 38.4 Å². The predicted octanol–water partition coefficient (Wildman–Crippen LogP) is 3.08. The highest BCUT2D eigenvalue weighted by molar-refractivity contribution is 9.10. The van der Waals surface area contributed by atoms with E-state index in [1.165, 1.54) is 0 Å². The molecule has 2 aromatic heterocycles. The molecular weight excluding hydrogens is 362 g/mol. The van der Waals surface area contributed by atoms with E-state index >= 15 is 0 Å². The number of fused-ring (bicyclic) bond motifs is 1. The second-order valence-corrected chi connectivity index (χ2v) is 7.19. The van der Waals surface area contributed by atoms with Gasteiger partial charge in [-0.3, -0.25) is 4.68 Å². The largest absolute Gasteiger partial charge is 0.444 e. The molecule has 0 unspecified atom stereocenters. The van der Waals surface area contributed by atoms with Crippen LogP contribution in [0.4, 0.5) is 10.6 Å². The summed E-state index contributed by atoms with van der Waals surface area (Å²) in [6.07, 6.45) is 1.96. The van der Waals surface area contributed by atoms with Gasteiger partial charge in [0.1, 0.15) is 16.0 Å². The zero-order valence-corrected chi connectivity index (χ0v) is 15.3. The minimum atomic E-state index is -0.503. The van der Waals surface area contributed by atoms with Crippen molar-refractivity contribution < 1.29 is 9.53 Å². The van der Waals surface area contributed by atoms with Crippen LogP contribution in [0, 0.1) is 0 Å². The normalized spacial score (nSPS) is 13.1. The van der Waals surface area contributed by atoms with Gasteiger partial charge in [-0.05, 0) is 56.1 Å². The number of anilines is 1. The standard InChI is InChI=1S/C15H22BrN5O2/c1-9(19-14(22)23-15(2,3)4)6-8-21-10-5-7-18-13(17)11(10)12(16)20-21/h5,7,9H,6,8H2,1-4H3,(H2,17,18)(H,19,22)/t9-/m1/s1. The van der Waals surface area contributed by atoms with Gasteiger partial charge in [-0.25, -0.2) is 9.78 Å². The number of carbonyl (C=O) groups excluding carboxylic acids is 1. The van der Waals surface area contributed by atoms with Gasteiger partial charge in [-0.2, -0.15) is 5.10 Å². The molecule has 2 heterocycles. The number of alkyl carbamates (subject to hydrolysis) is 1. The Labute approximate surface area is 143 Å². The molecule has 0 radical (unpaired) electrons. The fourth-order valence-corrected chi connectivity index (χ4v) is 2.77. The number of nitrogens with one attached hydrogen (secondary N) is 1. The number of nitrogens with zero attached hydrogens (tertiary/aromatic N) is 3. The number of aromatic nitrogens is 3. The van der Waals surface area contributed by atoms with Crippen molar-refractivity contribution in [1.29, 1.82) is 0 Å². The maximum atomic E-state index is 11.8. The molecule has 2 rings (SSSR count). The van der Waals surface area contributed by atoms with Gasteiger partial charge in [-0.15, -0.1) is 0 Å². The van der Waals surface area contributed by atoms with Crippen LogP contribution in [0.2, 0.25) is 0 Å². The molecule has 0 aromatic carbocycles. The highest BCUT2D eigenvalue weighted by atomic mass is 79.9. The molecule has 23 heavy (non-hydrogen) atoms. The van der Waals surface area contributed by atoms with E-state index < -0.39 is 11.7 Å². The Kier molecular flexibility index (Phi) is 5.13. The summed E-state index contributed by atoms with van der Waals surface area (Å²) in [7, 11) is 0. The third kappa shape index (κ3) is 4.57. The van der Waals surface area contributed by atoms with Gasteiger partial charge in [0.15, 0.2) is 0 Å². The molecule has 0 spiro atoms. The van der Waals surface area contributed by atoms with Crippen molar-refractivity contribution in [3.05, 3.63) is 16.9 Å². The molecular formula is C15H22BrN5O2. The summed E-state index contributed by atoms with van der Waals surface area (Å²) in [6.45, 7) is 8.08. The van der Waals surface area contributed by atoms with E-state index in [1.54, 1.807) is 6.20 Å². The molecule has 126 valence electrons. The topological polar surface area (TPSA) is 95.1 Å². The van der Waals surface area contributed by atoms with E-state index in [0.29, 0.717) is 23.4 Å². The van der Waals surface area contributed by atoms with E-state index in [4.69, 9.17) is 10.5 Å². The van der Waals surface area contributed by atoms with Crippen LogP contribution in [-0.2, 0) is 11.3 Å². The average Bonchev–Trinajstić information content (AvgIpc) is 2.72. The molecule has 1 atom stereocenters. The third-order valence-electron chi connectivity index (χ3n) is 3.19. The molecule has 1 amide bonds. The molecule has 3 N–H and O–H groups in total. The smallest absolute Gasteiger partial charge is 0.407 e. The Bertz CT molecular complexity index is 708. The Morgan fingerprint density at radius 1 is 1.52 bits per heavy atom. The number of amides is 1. The molecule has 0 aliphatic rings. The second-order valence-electron chi connectivity index (χ2n) is 6.44. The number of hydrogen-bond acceptors (Lipinski definition) is 5. The Morgan fingerprint density at radius 2 is 2.22 bits per heavy atom. The van der Waals surface area contributed by atoms with Gasteiger partial charge in [0.2, 0.25) is 0 Å². The van der Waals surface area contributed by atoms with Gasteiger partial charge in [0, 0.05) is 18.8 Å². The number of hydrogen-bond donors (Lipinski definition) is 2. The summed E-state index contributed by atoms with van der Waals surface area (Å²) in [4.78, 5) is 15.8. The van der Waals surface area contributed by atoms with Gasteiger partial charge in [0.25, 0.3) is 0 Å². The molecule has 8 heteroatoms. The number of nitrogen functional groups attached to an aromatic ring is 1. The number of carbonyl (C=O) groups is 1. The summed E-state index contributed by atoms with van der Waals surface area (Å²) in [5.74, 6) is 0.445. The molecule has 7 nitrogen and oxygen atoms in total. The first kappa shape index (κ1) is 17.5. The summed E-state index contributed by atoms with van der Waals surface area (Å²) in [5.41, 5.74) is 6.29.